The highest BCUT2D eigenvalue weighted by Crippen LogP contribution is 2.29. The zero-order valence-electron chi connectivity index (χ0n) is 17.8. The Morgan fingerprint density at radius 3 is 2.13 bits per heavy atom. The summed E-state index contributed by atoms with van der Waals surface area (Å²) in [5.74, 6) is 0.0716. The van der Waals surface area contributed by atoms with Crippen molar-refractivity contribution in [3.8, 4) is 0 Å². The predicted octanol–water partition coefficient (Wildman–Crippen LogP) is 4.55. The molecule has 1 saturated heterocycles. The Labute approximate surface area is 183 Å². The van der Waals surface area contributed by atoms with Gasteiger partial charge in [-0.05, 0) is 42.5 Å². The SMILES string of the molecule is Cc1ccccc1C(=O)NC1CCN(CCC(c2ccccc2)c2ccccc2)C1=O. The second-order valence-electron chi connectivity index (χ2n) is 8.12. The maximum atomic E-state index is 13.0. The number of amides is 2. The van der Waals surface area contributed by atoms with E-state index in [1.54, 1.807) is 6.07 Å². The van der Waals surface area contributed by atoms with Gasteiger partial charge in [0.1, 0.15) is 6.04 Å². The Balaban J connectivity index is 1.41. The maximum absolute atomic E-state index is 13.0. The van der Waals surface area contributed by atoms with Gasteiger partial charge in [0.15, 0.2) is 0 Å². The molecule has 0 aromatic heterocycles. The Bertz CT molecular complexity index is 994. The molecule has 1 N–H and O–H groups in total. The maximum Gasteiger partial charge on any atom is 0.252 e. The van der Waals surface area contributed by atoms with Crippen LogP contribution >= 0.6 is 0 Å². The van der Waals surface area contributed by atoms with Crippen LogP contribution in [0.25, 0.3) is 0 Å². The summed E-state index contributed by atoms with van der Waals surface area (Å²) in [5, 5.41) is 2.94. The number of carbonyl (C=O) groups is 2. The van der Waals surface area contributed by atoms with Crippen molar-refractivity contribution < 1.29 is 9.59 Å². The minimum atomic E-state index is -0.445. The van der Waals surface area contributed by atoms with Crippen molar-refractivity contribution in [2.75, 3.05) is 13.1 Å². The highest BCUT2D eigenvalue weighted by molar-refractivity contribution is 5.99. The number of carbonyl (C=O) groups excluding carboxylic acids is 2. The monoisotopic (exact) mass is 412 g/mol. The molecule has 4 nitrogen and oxygen atoms in total. The number of benzene rings is 3. The molecule has 1 aliphatic rings. The summed E-state index contributed by atoms with van der Waals surface area (Å²) in [6, 6.07) is 27.9. The molecular formula is C27H28N2O2. The summed E-state index contributed by atoms with van der Waals surface area (Å²) in [7, 11) is 0. The molecule has 31 heavy (non-hydrogen) atoms. The molecule has 4 rings (SSSR count). The van der Waals surface area contributed by atoms with E-state index in [1.807, 2.05) is 42.2 Å². The van der Waals surface area contributed by atoms with E-state index in [9.17, 15) is 9.59 Å². The molecule has 0 bridgehead atoms. The minimum absolute atomic E-state index is 0.0156. The number of rotatable bonds is 7. The largest absolute Gasteiger partial charge is 0.341 e. The van der Waals surface area contributed by atoms with Crippen LogP contribution in [0.15, 0.2) is 84.9 Å². The Morgan fingerprint density at radius 2 is 1.52 bits per heavy atom. The number of likely N-dealkylation sites (tertiary alicyclic amines) is 1. The first-order valence-electron chi connectivity index (χ1n) is 10.9. The number of hydrogen-bond acceptors (Lipinski definition) is 2. The van der Waals surface area contributed by atoms with Crippen LogP contribution in [0.4, 0.5) is 0 Å². The lowest BCUT2D eigenvalue weighted by Gasteiger charge is -2.23. The van der Waals surface area contributed by atoms with Gasteiger partial charge in [-0.1, -0.05) is 78.9 Å². The standard InChI is InChI=1S/C27H28N2O2/c1-20-10-8-9-15-23(20)26(30)28-25-17-19-29(27(25)31)18-16-24(21-11-4-2-5-12-21)22-13-6-3-7-14-22/h2-15,24-25H,16-19H2,1H3,(H,28,30). The first kappa shape index (κ1) is 20.9. The first-order chi connectivity index (χ1) is 15.1. The van der Waals surface area contributed by atoms with E-state index < -0.39 is 6.04 Å². The van der Waals surface area contributed by atoms with Crippen molar-refractivity contribution in [1.82, 2.24) is 10.2 Å². The van der Waals surface area contributed by atoms with Crippen LogP contribution in [0, 0.1) is 6.92 Å². The first-order valence-corrected chi connectivity index (χ1v) is 10.9. The zero-order chi connectivity index (χ0) is 21.6. The lowest BCUT2D eigenvalue weighted by atomic mass is 9.88. The topological polar surface area (TPSA) is 49.4 Å². The average Bonchev–Trinajstić information content (AvgIpc) is 3.15. The summed E-state index contributed by atoms with van der Waals surface area (Å²) in [4.78, 5) is 27.5. The molecule has 0 aliphatic carbocycles. The van der Waals surface area contributed by atoms with E-state index in [4.69, 9.17) is 0 Å². The Morgan fingerprint density at radius 1 is 0.935 bits per heavy atom. The van der Waals surface area contributed by atoms with Crippen molar-refractivity contribution in [3.05, 3.63) is 107 Å². The number of aryl methyl sites for hydroxylation is 1. The van der Waals surface area contributed by atoms with Gasteiger partial charge in [0.25, 0.3) is 5.91 Å². The molecule has 4 heteroatoms. The Kier molecular flexibility index (Phi) is 6.46. The molecule has 3 aromatic carbocycles. The zero-order valence-corrected chi connectivity index (χ0v) is 17.8. The fourth-order valence-corrected chi connectivity index (χ4v) is 4.34. The van der Waals surface area contributed by atoms with Crippen LogP contribution in [0.1, 0.15) is 45.8 Å². The predicted molar refractivity (Wildman–Crippen MR) is 123 cm³/mol. The fraction of sp³-hybridized carbons (Fsp3) is 0.259. The van der Waals surface area contributed by atoms with Crippen molar-refractivity contribution in [3.63, 3.8) is 0 Å². The Hall–Kier alpha value is -3.40. The van der Waals surface area contributed by atoms with Crippen LogP contribution in [-0.2, 0) is 4.79 Å². The van der Waals surface area contributed by atoms with E-state index in [0.717, 1.165) is 12.0 Å². The lowest BCUT2D eigenvalue weighted by Crippen LogP contribution is -2.42. The third-order valence-corrected chi connectivity index (χ3v) is 6.08. The van der Waals surface area contributed by atoms with Crippen LogP contribution in [0.2, 0.25) is 0 Å². The van der Waals surface area contributed by atoms with E-state index in [2.05, 4.69) is 53.8 Å². The molecule has 3 aromatic rings. The molecule has 2 amide bonds. The van der Waals surface area contributed by atoms with Gasteiger partial charge in [0.2, 0.25) is 5.91 Å². The van der Waals surface area contributed by atoms with Gasteiger partial charge in [-0.2, -0.15) is 0 Å². The third kappa shape index (κ3) is 4.85. The fourth-order valence-electron chi connectivity index (χ4n) is 4.34. The summed E-state index contributed by atoms with van der Waals surface area (Å²) >= 11 is 0. The van der Waals surface area contributed by atoms with Crippen LogP contribution in [0.5, 0.6) is 0 Å². The molecule has 0 radical (unpaired) electrons. The van der Waals surface area contributed by atoms with Crippen LogP contribution in [-0.4, -0.2) is 35.8 Å². The quantitative estimate of drug-likeness (QED) is 0.619. The number of nitrogens with zero attached hydrogens (tertiary/aromatic N) is 1. The van der Waals surface area contributed by atoms with E-state index >= 15 is 0 Å². The summed E-state index contributed by atoms with van der Waals surface area (Å²) in [6.45, 7) is 3.25. The smallest absolute Gasteiger partial charge is 0.252 e. The van der Waals surface area contributed by atoms with Crippen molar-refractivity contribution in [2.45, 2.75) is 31.7 Å². The van der Waals surface area contributed by atoms with Gasteiger partial charge >= 0.3 is 0 Å². The van der Waals surface area contributed by atoms with Gasteiger partial charge in [-0.15, -0.1) is 0 Å². The number of nitrogens with one attached hydrogen (secondary N) is 1. The summed E-state index contributed by atoms with van der Waals surface area (Å²) in [6.07, 6.45) is 1.50. The molecule has 0 saturated carbocycles. The van der Waals surface area contributed by atoms with Crippen LogP contribution in [0.3, 0.4) is 0 Å². The van der Waals surface area contributed by atoms with Crippen molar-refractivity contribution in [2.24, 2.45) is 0 Å². The van der Waals surface area contributed by atoms with Gasteiger partial charge in [-0.3, -0.25) is 9.59 Å². The summed E-state index contributed by atoms with van der Waals surface area (Å²) in [5.41, 5.74) is 4.05. The molecular weight excluding hydrogens is 384 g/mol. The van der Waals surface area contributed by atoms with Gasteiger partial charge in [0.05, 0.1) is 0 Å². The lowest BCUT2D eigenvalue weighted by molar-refractivity contribution is -0.129. The third-order valence-electron chi connectivity index (χ3n) is 6.08. The van der Waals surface area contributed by atoms with E-state index in [-0.39, 0.29) is 17.7 Å². The van der Waals surface area contributed by atoms with Crippen molar-refractivity contribution in [1.29, 1.82) is 0 Å². The summed E-state index contributed by atoms with van der Waals surface area (Å²) < 4.78 is 0. The highest BCUT2D eigenvalue weighted by atomic mass is 16.2. The van der Waals surface area contributed by atoms with Gasteiger partial charge in [-0.25, -0.2) is 0 Å². The minimum Gasteiger partial charge on any atom is -0.341 e. The second kappa shape index (κ2) is 9.61. The molecule has 0 spiro atoms. The molecule has 1 atom stereocenters. The average molecular weight is 413 g/mol. The normalized spacial score (nSPS) is 16.0. The molecule has 158 valence electrons. The van der Waals surface area contributed by atoms with Crippen molar-refractivity contribution >= 4 is 11.8 Å². The van der Waals surface area contributed by atoms with Gasteiger partial charge in [0, 0.05) is 24.6 Å². The molecule has 1 unspecified atom stereocenters. The van der Waals surface area contributed by atoms with E-state index in [0.29, 0.717) is 25.1 Å². The second-order valence-corrected chi connectivity index (χ2v) is 8.12. The molecule has 1 heterocycles. The molecule has 1 fully saturated rings. The number of hydrogen-bond donors (Lipinski definition) is 1. The molecule has 1 aliphatic heterocycles. The highest BCUT2D eigenvalue weighted by Gasteiger charge is 2.33. The van der Waals surface area contributed by atoms with E-state index in [1.165, 1.54) is 11.1 Å². The van der Waals surface area contributed by atoms with Crippen LogP contribution < -0.4 is 5.32 Å². The van der Waals surface area contributed by atoms with Gasteiger partial charge < -0.3 is 10.2 Å².